The summed E-state index contributed by atoms with van der Waals surface area (Å²) in [7, 11) is 3.01. The molecule has 1 N–H and O–H groups in total. The van der Waals surface area contributed by atoms with E-state index in [-0.39, 0.29) is 22.6 Å². The van der Waals surface area contributed by atoms with E-state index >= 15 is 0 Å². The summed E-state index contributed by atoms with van der Waals surface area (Å²) in [5.41, 5.74) is 0.849. The van der Waals surface area contributed by atoms with E-state index in [0.717, 1.165) is 0 Å². The van der Waals surface area contributed by atoms with Crippen molar-refractivity contribution in [1.82, 2.24) is 10.2 Å². The van der Waals surface area contributed by atoms with Gasteiger partial charge in [-0.25, -0.2) is 0 Å². The van der Waals surface area contributed by atoms with Gasteiger partial charge in [0.15, 0.2) is 11.5 Å². The second-order valence-electron chi connectivity index (χ2n) is 8.08. The van der Waals surface area contributed by atoms with Gasteiger partial charge >= 0.3 is 5.91 Å². The first-order chi connectivity index (χ1) is 16.7. The molecule has 1 unspecified atom stereocenters. The molecule has 182 valence electrons. The Hall–Kier alpha value is -3.92. The number of anilines is 1. The summed E-state index contributed by atoms with van der Waals surface area (Å²) in [6, 6.07) is 10.8. The highest BCUT2D eigenvalue weighted by Gasteiger charge is 2.48. The molecule has 1 aromatic heterocycles. The standard InChI is InChI=1S/C25H25N3O6S/c1-13(2)34-17-9-6-15(7-10-17)22(29)20-21(16-8-11-18(32-4)19(12-16)33-5)28(24(31)23(20)30)25-27-26-14(3)35-25/h6-13,21,29H,1-5H3/b22-20-. The number of aryl methyl sites for hydroxylation is 1. The molecule has 35 heavy (non-hydrogen) atoms. The SMILES string of the molecule is COc1ccc(C2/C(=C(/O)c3ccc(OC(C)C)cc3)C(=O)C(=O)N2c2nnc(C)s2)cc1OC. The van der Waals surface area contributed by atoms with Crippen molar-refractivity contribution in [2.75, 3.05) is 19.1 Å². The first-order valence-corrected chi connectivity index (χ1v) is 11.7. The summed E-state index contributed by atoms with van der Waals surface area (Å²) in [6.07, 6.45) is -0.0137. The molecule has 4 rings (SSSR count). The average Bonchev–Trinajstić information content (AvgIpc) is 3.38. The molecule has 3 aromatic rings. The van der Waals surface area contributed by atoms with Crippen LogP contribution < -0.4 is 19.1 Å². The number of amides is 1. The molecule has 1 fully saturated rings. The number of aromatic nitrogens is 2. The number of carbonyl (C=O) groups excluding carboxylic acids is 2. The Morgan fingerprint density at radius 1 is 1.03 bits per heavy atom. The van der Waals surface area contributed by atoms with Gasteiger partial charge in [0, 0.05) is 5.56 Å². The number of Topliss-reactive ketones (excluding diaryl/α,β-unsaturated/α-hetero) is 1. The molecule has 0 aliphatic carbocycles. The van der Waals surface area contributed by atoms with Crippen molar-refractivity contribution < 1.29 is 28.9 Å². The van der Waals surface area contributed by atoms with E-state index in [1.807, 2.05) is 13.8 Å². The topological polar surface area (TPSA) is 111 Å². The van der Waals surface area contributed by atoms with Gasteiger partial charge in [-0.1, -0.05) is 17.4 Å². The molecule has 0 bridgehead atoms. The molecule has 9 nitrogen and oxygen atoms in total. The lowest BCUT2D eigenvalue weighted by Crippen LogP contribution is -2.29. The number of ether oxygens (including phenoxy) is 3. The number of benzene rings is 2. The zero-order chi connectivity index (χ0) is 25.3. The number of ketones is 1. The fraction of sp³-hybridized carbons (Fsp3) is 0.280. The lowest BCUT2D eigenvalue weighted by molar-refractivity contribution is -0.132. The molecule has 2 aromatic carbocycles. The van der Waals surface area contributed by atoms with E-state index in [0.29, 0.717) is 33.4 Å². The van der Waals surface area contributed by atoms with Crippen LogP contribution in [0.15, 0.2) is 48.0 Å². The van der Waals surface area contributed by atoms with Gasteiger partial charge in [0.25, 0.3) is 5.78 Å². The van der Waals surface area contributed by atoms with E-state index in [2.05, 4.69) is 10.2 Å². The number of hydrogen-bond acceptors (Lipinski definition) is 9. The summed E-state index contributed by atoms with van der Waals surface area (Å²) >= 11 is 1.18. The summed E-state index contributed by atoms with van der Waals surface area (Å²) in [6.45, 7) is 5.57. The van der Waals surface area contributed by atoms with Gasteiger partial charge in [0.2, 0.25) is 5.13 Å². The largest absolute Gasteiger partial charge is 0.507 e. The Morgan fingerprint density at radius 2 is 1.71 bits per heavy atom. The minimum absolute atomic E-state index is 0.0137. The van der Waals surface area contributed by atoms with Crippen LogP contribution in [-0.4, -0.2) is 47.3 Å². The van der Waals surface area contributed by atoms with Crippen molar-refractivity contribution in [3.63, 3.8) is 0 Å². The zero-order valence-corrected chi connectivity index (χ0v) is 20.8. The van der Waals surface area contributed by atoms with Gasteiger partial charge < -0.3 is 19.3 Å². The molecule has 0 saturated carbocycles. The number of rotatable bonds is 7. The maximum atomic E-state index is 13.3. The molecule has 2 heterocycles. The minimum Gasteiger partial charge on any atom is -0.507 e. The van der Waals surface area contributed by atoms with Crippen LogP contribution in [0, 0.1) is 6.92 Å². The normalized spacial score (nSPS) is 17.2. The third kappa shape index (κ3) is 4.57. The molecule has 0 radical (unpaired) electrons. The van der Waals surface area contributed by atoms with E-state index < -0.39 is 17.7 Å². The van der Waals surface area contributed by atoms with Crippen molar-refractivity contribution >= 4 is 33.9 Å². The van der Waals surface area contributed by atoms with Crippen LogP contribution in [0.2, 0.25) is 0 Å². The molecule has 0 spiro atoms. The fourth-order valence-electron chi connectivity index (χ4n) is 3.87. The third-order valence-electron chi connectivity index (χ3n) is 5.39. The summed E-state index contributed by atoms with van der Waals surface area (Å²) < 4.78 is 16.4. The van der Waals surface area contributed by atoms with E-state index in [1.165, 1.54) is 30.5 Å². The molecular weight excluding hydrogens is 470 g/mol. The molecule has 1 saturated heterocycles. The lowest BCUT2D eigenvalue weighted by Gasteiger charge is -2.23. The second kappa shape index (κ2) is 9.75. The van der Waals surface area contributed by atoms with Crippen LogP contribution in [0.3, 0.4) is 0 Å². The first kappa shape index (κ1) is 24.2. The quantitative estimate of drug-likeness (QED) is 0.294. The minimum atomic E-state index is -0.950. The smallest absolute Gasteiger partial charge is 0.301 e. The van der Waals surface area contributed by atoms with Gasteiger partial charge in [-0.05, 0) is 62.7 Å². The van der Waals surface area contributed by atoms with Crippen molar-refractivity contribution in [2.45, 2.75) is 32.9 Å². The predicted molar refractivity (Wildman–Crippen MR) is 131 cm³/mol. The van der Waals surface area contributed by atoms with Crippen LogP contribution in [0.5, 0.6) is 17.2 Å². The summed E-state index contributed by atoms with van der Waals surface area (Å²) in [5, 5.41) is 20.2. The van der Waals surface area contributed by atoms with Crippen molar-refractivity contribution in [3.05, 3.63) is 64.2 Å². The highest BCUT2D eigenvalue weighted by atomic mass is 32.1. The van der Waals surface area contributed by atoms with Gasteiger partial charge in [-0.2, -0.15) is 0 Å². The second-order valence-corrected chi connectivity index (χ2v) is 9.24. The lowest BCUT2D eigenvalue weighted by atomic mass is 9.95. The molecule has 1 aliphatic heterocycles. The van der Waals surface area contributed by atoms with Gasteiger partial charge in [0.05, 0.1) is 31.9 Å². The number of nitrogens with zero attached hydrogens (tertiary/aromatic N) is 3. The van der Waals surface area contributed by atoms with Crippen LogP contribution in [0.1, 0.15) is 36.0 Å². The average molecular weight is 496 g/mol. The Balaban J connectivity index is 1.88. The van der Waals surface area contributed by atoms with Crippen molar-refractivity contribution in [1.29, 1.82) is 0 Å². The number of aliphatic hydroxyl groups excluding tert-OH is 1. The highest BCUT2D eigenvalue weighted by molar-refractivity contribution is 7.15. The summed E-state index contributed by atoms with van der Waals surface area (Å²) in [5.74, 6) is -0.402. The zero-order valence-electron chi connectivity index (χ0n) is 19.9. The van der Waals surface area contributed by atoms with E-state index in [1.54, 1.807) is 49.4 Å². The van der Waals surface area contributed by atoms with Crippen LogP contribution >= 0.6 is 11.3 Å². The first-order valence-electron chi connectivity index (χ1n) is 10.8. The molecule has 1 atom stereocenters. The highest BCUT2D eigenvalue weighted by Crippen LogP contribution is 2.44. The van der Waals surface area contributed by atoms with Crippen molar-refractivity contribution in [2.24, 2.45) is 0 Å². The molecule has 1 amide bonds. The Kier molecular flexibility index (Phi) is 6.74. The number of hydrogen-bond donors (Lipinski definition) is 1. The van der Waals surface area contributed by atoms with Crippen LogP contribution in [0.4, 0.5) is 5.13 Å². The van der Waals surface area contributed by atoms with Crippen LogP contribution in [-0.2, 0) is 9.59 Å². The third-order valence-corrected chi connectivity index (χ3v) is 6.23. The Bertz CT molecular complexity index is 1300. The fourth-order valence-corrected chi connectivity index (χ4v) is 4.58. The molecule has 1 aliphatic rings. The number of methoxy groups -OCH3 is 2. The van der Waals surface area contributed by atoms with E-state index in [9.17, 15) is 14.7 Å². The maximum Gasteiger partial charge on any atom is 0.301 e. The molecular formula is C25H25N3O6S. The van der Waals surface area contributed by atoms with Gasteiger partial charge in [-0.3, -0.25) is 14.5 Å². The Morgan fingerprint density at radius 3 is 2.29 bits per heavy atom. The van der Waals surface area contributed by atoms with Crippen LogP contribution in [0.25, 0.3) is 5.76 Å². The summed E-state index contributed by atoms with van der Waals surface area (Å²) in [4.78, 5) is 27.7. The molecule has 10 heteroatoms. The maximum absolute atomic E-state index is 13.3. The van der Waals surface area contributed by atoms with E-state index in [4.69, 9.17) is 14.2 Å². The van der Waals surface area contributed by atoms with Gasteiger partial charge in [0.1, 0.15) is 16.5 Å². The predicted octanol–water partition coefficient (Wildman–Crippen LogP) is 4.28. The Labute approximate surface area is 206 Å². The number of carbonyl (C=O) groups is 2. The van der Waals surface area contributed by atoms with Gasteiger partial charge in [-0.15, -0.1) is 10.2 Å². The monoisotopic (exact) mass is 495 g/mol. The number of aliphatic hydroxyl groups is 1. The van der Waals surface area contributed by atoms with Crippen molar-refractivity contribution in [3.8, 4) is 17.2 Å².